The van der Waals surface area contributed by atoms with Crippen molar-refractivity contribution in [2.45, 2.75) is 251 Å². The standard InChI is InChI=1S/C24H40O5.24CH4/c1-16(10-8-12-18(3)15-25)9-7-11-17(2)13-14-20-19(4)21(26)23(28-5)24(29-6)22(20)27;;;;;;;;;;;;;;;;;;;;;;;;/h9,13,18-20,22,25,27H,7-8,10-12,14-15H2,1-6H3;24*1H4/b16-9+,17-13+;;;;;;;;;;;;;;;;;;;;;;;;/t18?,19-,20-,22-;;;;;;;;;;;;;;;;;;;;;;;;/m1......................../s1. The molecule has 1 unspecified atom stereocenters. The van der Waals surface area contributed by atoms with Gasteiger partial charge in [-0.2, -0.15) is 0 Å². The van der Waals surface area contributed by atoms with Crippen LogP contribution in [-0.4, -0.2) is 42.9 Å². The van der Waals surface area contributed by atoms with Crippen molar-refractivity contribution >= 4 is 5.78 Å². The molecule has 0 spiro atoms. The Kier molecular flexibility index (Phi) is 305. The van der Waals surface area contributed by atoms with Gasteiger partial charge in [0.25, 0.3) is 0 Å². The third kappa shape index (κ3) is 57.3. The van der Waals surface area contributed by atoms with Gasteiger partial charge in [-0.15, -0.1) is 0 Å². The maximum absolute atomic E-state index is 12.5. The first-order valence-electron chi connectivity index (χ1n) is 10.7. The summed E-state index contributed by atoms with van der Waals surface area (Å²) in [7, 11) is 2.89. The van der Waals surface area contributed by atoms with Crippen molar-refractivity contribution in [2.75, 3.05) is 20.8 Å². The second-order valence-electron chi connectivity index (χ2n) is 8.42. The van der Waals surface area contributed by atoms with E-state index in [-0.39, 0.29) is 214 Å². The van der Waals surface area contributed by atoms with Gasteiger partial charge in [-0.25, -0.2) is 0 Å². The van der Waals surface area contributed by atoms with Gasteiger partial charge in [-0.05, 0) is 58.3 Å². The van der Waals surface area contributed by atoms with Crippen molar-refractivity contribution in [3.8, 4) is 0 Å². The van der Waals surface area contributed by atoms with Crippen molar-refractivity contribution in [1.29, 1.82) is 0 Å². The molecule has 0 bridgehead atoms. The average Bonchev–Trinajstić information content (AvgIpc) is 2.70. The van der Waals surface area contributed by atoms with E-state index < -0.39 is 6.10 Å². The topological polar surface area (TPSA) is 76.0 Å². The second kappa shape index (κ2) is 92.8. The minimum atomic E-state index is -0.838. The number of carbonyl (C=O) groups excluding carboxylic acids is 1. The van der Waals surface area contributed by atoms with Crippen LogP contribution in [0.25, 0.3) is 0 Å². The van der Waals surface area contributed by atoms with Crippen LogP contribution in [0.3, 0.4) is 0 Å². The van der Waals surface area contributed by atoms with E-state index in [0.717, 1.165) is 32.1 Å². The minimum Gasteiger partial charge on any atom is -0.494 e. The number of hydrogen-bond donors (Lipinski definition) is 2. The summed E-state index contributed by atoms with van der Waals surface area (Å²) in [5, 5.41) is 19.7. The number of methoxy groups -OCH3 is 2. The summed E-state index contributed by atoms with van der Waals surface area (Å²) < 4.78 is 10.4. The van der Waals surface area contributed by atoms with Gasteiger partial charge in [-0.1, -0.05) is 215 Å². The summed E-state index contributed by atoms with van der Waals surface area (Å²) in [6.45, 7) is 8.45. The molecule has 5 heteroatoms. The Hall–Kier alpha value is -1.59. The molecule has 2 N–H and O–H groups in total. The van der Waals surface area contributed by atoms with Gasteiger partial charge in [0.2, 0.25) is 11.5 Å². The molecule has 358 valence electrons. The third-order valence-electron chi connectivity index (χ3n) is 5.95. The largest absolute Gasteiger partial charge is 0.494 e. The lowest BCUT2D eigenvalue weighted by Gasteiger charge is -2.33. The Labute approximate surface area is 353 Å². The highest BCUT2D eigenvalue weighted by molar-refractivity contribution is 5.97. The first-order chi connectivity index (χ1) is 13.8. The lowest BCUT2D eigenvalue weighted by Crippen LogP contribution is -2.40. The minimum absolute atomic E-state index is 0. The van der Waals surface area contributed by atoms with Gasteiger partial charge in [0.05, 0.1) is 14.2 Å². The molecule has 1 rings (SSSR count). The van der Waals surface area contributed by atoms with Crippen LogP contribution in [0.15, 0.2) is 34.8 Å². The fraction of sp³-hybridized carbons (Fsp3) is 0.854. The number of carbonyl (C=O) groups is 1. The van der Waals surface area contributed by atoms with Gasteiger partial charge in [-0.3, -0.25) is 4.79 Å². The van der Waals surface area contributed by atoms with Crippen LogP contribution in [0, 0.1) is 17.8 Å². The quantitative estimate of drug-likeness (QED) is 0.193. The summed E-state index contributed by atoms with van der Waals surface area (Å²) in [5.41, 5.74) is 2.65. The maximum atomic E-state index is 12.5. The molecule has 0 fully saturated rings. The molecule has 0 aromatic rings. The van der Waals surface area contributed by atoms with E-state index in [2.05, 4.69) is 32.9 Å². The highest BCUT2D eigenvalue weighted by Crippen LogP contribution is 2.35. The Morgan fingerprint density at radius 2 is 1.00 bits per heavy atom. The van der Waals surface area contributed by atoms with E-state index in [4.69, 9.17) is 14.6 Å². The fourth-order valence-electron chi connectivity index (χ4n) is 3.78. The van der Waals surface area contributed by atoms with Crippen LogP contribution in [0.4, 0.5) is 0 Å². The van der Waals surface area contributed by atoms with Crippen LogP contribution in [0.5, 0.6) is 0 Å². The zero-order valence-electron chi connectivity index (χ0n) is 19.0. The van der Waals surface area contributed by atoms with Crippen LogP contribution < -0.4 is 0 Å². The number of ketones is 1. The molecular formula is C48H136O5. The molecular weight excluding hydrogens is 657 g/mol. The Bertz CT molecular complexity index is 621. The van der Waals surface area contributed by atoms with Crippen molar-refractivity contribution in [3.05, 3.63) is 34.8 Å². The van der Waals surface area contributed by atoms with Gasteiger partial charge < -0.3 is 19.7 Å². The van der Waals surface area contributed by atoms with Crippen LogP contribution in [0.1, 0.15) is 244 Å². The second-order valence-corrected chi connectivity index (χ2v) is 8.42. The van der Waals surface area contributed by atoms with Crippen molar-refractivity contribution in [3.63, 3.8) is 0 Å². The van der Waals surface area contributed by atoms with Gasteiger partial charge in [0, 0.05) is 18.4 Å². The normalized spacial score (nSPS) is 13.5. The molecule has 0 radical (unpaired) electrons. The monoisotopic (exact) mass is 793 g/mol. The molecule has 0 heterocycles. The van der Waals surface area contributed by atoms with E-state index in [0.29, 0.717) is 12.3 Å². The Morgan fingerprint density at radius 3 is 1.32 bits per heavy atom. The lowest BCUT2D eigenvalue weighted by atomic mass is 9.77. The smallest absolute Gasteiger partial charge is 0.204 e. The van der Waals surface area contributed by atoms with Crippen molar-refractivity contribution in [2.24, 2.45) is 17.8 Å². The van der Waals surface area contributed by atoms with Crippen LogP contribution in [-0.2, 0) is 14.3 Å². The average molecular weight is 794 g/mol. The summed E-state index contributed by atoms with van der Waals surface area (Å²) >= 11 is 0. The molecule has 0 aliphatic heterocycles. The number of aliphatic hydroxyl groups excluding tert-OH is 2. The zero-order valence-corrected chi connectivity index (χ0v) is 19.0. The predicted octanol–water partition coefficient (Wildman–Crippen LogP) is 19.8. The predicted molar refractivity (Wildman–Crippen MR) is 278 cm³/mol. The van der Waals surface area contributed by atoms with Crippen LogP contribution in [0.2, 0.25) is 0 Å². The summed E-state index contributed by atoms with van der Waals surface area (Å²) in [5.74, 6) is 0.119. The molecule has 1 aliphatic rings. The van der Waals surface area contributed by atoms with E-state index in [1.165, 1.54) is 25.4 Å². The molecule has 0 aromatic heterocycles. The van der Waals surface area contributed by atoms with Crippen LogP contribution >= 0.6 is 0 Å². The van der Waals surface area contributed by atoms with Gasteiger partial charge in [0.15, 0.2) is 5.76 Å². The van der Waals surface area contributed by atoms with Crippen molar-refractivity contribution in [1.82, 2.24) is 0 Å². The number of hydrogen-bond acceptors (Lipinski definition) is 5. The highest BCUT2D eigenvalue weighted by atomic mass is 16.5. The Balaban J connectivity index is -0.0000000159. The highest BCUT2D eigenvalue weighted by Gasteiger charge is 2.42. The molecule has 0 saturated heterocycles. The molecule has 1 aliphatic carbocycles. The summed E-state index contributed by atoms with van der Waals surface area (Å²) in [6, 6.07) is 0. The molecule has 53 heavy (non-hydrogen) atoms. The molecule has 4 atom stereocenters. The fourth-order valence-corrected chi connectivity index (χ4v) is 3.78. The summed E-state index contributed by atoms with van der Waals surface area (Å²) in [4.78, 5) is 12.5. The van der Waals surface area contributed by atoms with E-state index in [1.807, 2.05) is 6.92 Å². The first-order valence-corrected chi connectivity index (χ1v) is 10.7. The van der Waals surface area contributed by atoms with Gasteiger partial charge in [0.1, 0.15) is 6.10 Å². The number of rotatable bonds is 12. The molecule has 5 nitrogen and oxygen atoms in total. The molecule has 0 aromatic carbocycles. The molecule has 0 amide bonds. The first kappa shape index (κ1) is 174. The molecule has 0 saturated carbocycles. The number of allylic oxidation sites excluding steroid dienone is 5. The maximum Gasteiger partial charge on any atom is 0.204 e. The SMILES string of the molecule is C.C.C.C.C.C.C.C.C.C.C.C.C.C.C.C.C.C.C.C.C.C.C.C.COC1=C(OC)[C@H](O)[C@H](C/C=C(\C)CC/C=C(\C)CCCC(C)CO)[C@@H](C)C1=O. The third-order valence-corrected chi connectivity index (χ3v) is 5.95. The Morgan fingerprint density at radius 1 is 0.642 bits per heavy atom. The van der Waals surface area contributed by atoms with E-state index >= 15 is 0 Å². The van der Waals surface area contributed by atoms with E-state index in [9.17, 15) is 9.90 Å². The van der Waals surface area contributed by atoms with Gasteiger partial charge >= 0.3 is 0 Å². The zero-order chi connectivity index (χ0) is 22.0. The lowest BCUT2D eigenvalue weighted by molar-refractivity contribution is -0.128. The number of aliphatic hydroxyl groups is 2. The number of Topliss-reactive ketones (excluding diaryl/α,β-unsaturated/α-hetero) is 1. The number of ether oxygens (including phenoxy) is 2. The van der Waals surface area contributed by atoms with E-state index in [1.54, 1.807) is 0 Å². The summed E-state index contributed by atoms with van der Waals surface area (Å²) in [6.07, 6.45) is 9.42. The van der Waals surface area contributed by atoms with Crippen molar-refractivity contribution < 1.29 is 24.5 Å².